The number of likely N-dealkylation sites (tertiary alicyclic amines) is 1. The summed E-state index contributed by atoms with van der Waals surface area (Å²) in [5, 5.41) is 5.95. The van der Waals surface area contributed by atoms with Gasteiger partial charge in [0.05, 0.1) is 7.11 Å². The number of rotatable bonds is 12. The van der Waals surface area contributed by atoms with Crippen LogP contribution >= 0.6 is 0 Å². The second kappa shape index (κ2) is 15.0. The van der Waals surface area contributed by atoms with Gasteiger partial charge in [0.1, 0.15) is 5.75 Å². The summed E-state index contributed by atoms with van der Waals surface area (Å²) in [5.74, 6) is 0.667. The molecule has 0 saturated carbocycles. The zero-order valence-corrected chi connectivity index (χ0v) is 26.6. The van der Waals surface area contributed by atoms with Gasteiger partial charge in [-0.05, 0) is 119 Å². The topological polar surface area (TPSA) is 86.8 Å². The molecule has 1 aliphatic rings. The molecule has 1 aromatic heterocycles. The molecule has 4 rings (SSSR count). The van der Waals surface area contributed by atoms with Crippen LogP contribution in [0.5, 0.6) is 5.75 Å². The Morgan fingerprint density at radius 2 is 1.67 bits per heavy atom. The zero-order valence-electron chi connectivity index (χ0n) is 26.6. The van der Waals surface area contributed by atoms with Crippen LogP contribution in [0.3, 0.4) is 0 Å². The molecule has 1 unspecified atom stereocenters. The van der Waals surface area contributed by atoms with Gasteiger partial charge in [0, 0.05) is 74.0 Å². The van der Waals surface area contributed by atoms with Gasteiger partial charge in [-0.25, -0.2) is 0 Å². The molecule has 2 amide bonds. The van der Waals surface area contributed by atoms with Gasteiger partial charge in [-0.15, -0.1) is 0 Å². The molecule has 8 heteroatoms. The number of carbonyl (C=O) groups is 2. The maximum Gasteiger partial charge on any atom is 0.251 e. The van der Waals surface area contributed by atoms with Crippen LogP contribution in [-0.4, -0.2) is 67.1 Å². The smallest absolute Gasteiger partial charge is 0.251 e. The normalized spacial score (nSPS) is 14.7. The number of aryl methyl sites for hydroxylation is 3. The number of aromatic nitrogens is 1. The Balaban J connectivity index is 1.33. The summed E-state index contributed by atoms with van der Waals surface area (Å²) in [6, 6.07) is 14.8. The number of pyridine rings is 1. The SMILES string of the molecule is CCNC(=O)c1cc(C)c(C(=O)NCCC(C)N2CCC(N(Cc3cnccc3C)c3ccc(OC)cc3)CC2)c(C)c1. The van der Waals surface area contributed by atoms with Crippen molar-refractivity contribution in [1.29, 1.82) is 0 Å². The fraction of sp³-hybridized carbons (Fsp3) is 0.457. The Morgan fingerprint density at radius 1 is 1.00 bits per heavy atom. The van der Waals surface area contributed by atoms with Crippen molar-refractivity contribution in [3.05, 3.63) is 88.2 Å². The summed E-state index contributed by atoms with van der Waals surface area (Å²) in [6.45, 7) is 14.1. The predicted octanol–water partition coefficient (Wildman–Crippen LogP) is 5.44. The Bertz CT molecular complexity index is 1360. The minimum atomic E-state index is -0.113. The minimum Gasteiger partial charge on any atom is -0.497 e. The highest BCUT2D eigenvalue weighted by Crippen LogP contribution is 2.29. The molecule has 1 fully saturated rings. The number of nitrogens with zero attached hydrogens (tertiary/aromatic N) is 3. The summed E-state index contributed by atoms with van der Waals surface area (Å²) < 4.78 is 5.40. The highest BCUT2D eigenvalue weighted by Gasteiger charge is 2.28. The highest BCUT2D eigenvalue weighted by atomic mass is 16.5. The zero-order chi connectivity index (χ0) is 30.9. The largest absolute Gasteiger partial charge is 0.497 e. The van der Waals surface area contributed by atoms with Crippen LogP contribution < -0.4 is 20.3 Å². The Hall–Kier alpha value is -3.91. The summed E-state index contributed by atoms with van der Waals surface area (Å²) in [6.07, 6.45) is 6.85. The summed E-state index contributed by atoms with van der Waals surface area (Å²) in [5.41, 5.74) is 6.58. The van der Waals surface area contributed by atoms with Gasteiger partial charge in [-0.1, -0.05) is 0 Å². The molecule has 0 aliphatic carbocycles. The third-order valence-corrected chi connectivity index (χ3v) is 8.66. The minimum absolute atomic E-state index is 0.0795. The second-order valence-corrected chi connectivity index (χ2v) is 11.6. The first-order valence-electron chi connectivity index (χ1n) is 15.4. The van der Waals surface area contributed by atoms with Crippen molar-refractivity contribution < 1.29 is 14.3 Å². The van der Waals surface area contributed by atoms with E-state index >= 15 is 0 Å². The highest BCUT2D eigenvalue weighted by molar-refractivity contribution is 6.00. The van der Waals surface area contributed by atoms with Gasteiger partial charge < -0.3 is 25.2 Å². The standard InChI is InChI=1S/C35H47N5O3/c1-7-37-34(41)28-20-25(3)33(26(4)21-28)35(42)38-17-13-27(5)39-18-14-31(15-19-39)40(23-29-22-36-16-12-24(29)2)30-8-10-32(43-6)11-9-30/h8-12,16,20-22,27,31H,7,13-15,17-19,23H2,1-6H3,(H,37,41)(H,38,42). The van der Waals surface area contributed by atoms with E-state index in [0.717, 1.165) is 55.8 Å². The molecule has 230 valence electrons. The van der Waals surface area contributed by atoms with E-state index in [2.05, 4.69) is 57.5 Å². The Labute approximate surface area is 256 Å². The monoisotopic (exact) mass is 585 g/mol. The molecule has 2 aromatic carbocycles. The molecule has 2 N–H and O–H groups in total. The van der Waals surface area contributed by atoms with Crippen molar-refractivity contribution in [3.63, 3.8) is 0 Å². The van der Waals surface area contributed by atoms with Crippen molar-refractivity contribution in [2.75, 3.05) is 38.2 Å². The van der Waals surface area contributed by atoms with E-state index in [1.165, 1.54) is 16.8 Å². The first kappa shape index (κ1) is 32.0. The molecular formula is C35H47N5O3. The second-order valence-electron chi connectivity index (χ2n) is 11.6. The molecule has 8 nitrogen and oxygen atoms in total. The number of hydrogen-bond acceptors (Lipinski definition) is 6. The van der Waals surface area contributed by atoms with Crippen LogP contribution in [0.1, 0.15) is 76.1 Å². The van der Waals surface area contributed by atoms with Gasteiger partial charge in [-0.2, -0.15) is 0 Å². The molecule has 1 atom stereocenters. The lowest BCUT2D eigenvalue weighted by Gasteiger charge is -2.42. The molecule has 1 aliphatic heterocycles. The summed E-state index contributed by atoms with van der Waals surface area (Å²) >= 11 is 0. The summed E-state index contributed by atoms with van der Waals surface area (Å²) in [7, 11) is 1.70. The van der Waals surface area contributed by atoms with Gasteiger partial charge in [0.25, 0.3) is 11.8 Å². The first-order chi connectivity index (χ1) is 20.7. The van der Waals surface area contributed by atoms with Crippen molar-refractivity contribution in [3.8, 4) is 5.75 Å². The van der Waals surface area contributed by atoms with Crippen LogP contribution in [0.15, 0.2) is 54.9 Å². The van der Waals surface area contributed by atoms with E-state index in [9.17, 15) is 9.59 Å². The maximum atomic E-state index is 13.1. The molecule has 3 aromatic rings. The van der Waals surface area contributed by atoms with E-state index in [1.54, 1.807) is 19.2 Å². The van der Waals surface area contributed by atoms with Crippen molar-refractivity contribution in [1.82, 2.24) is 20.5 Å². The number of hydrogen-bond donors (Lipinski definition) is 2. The lowest BCUT2D eigenvalue weighted by molar-refractivity contribution is 0.0936. The van der Waals surface area contributed by atoms with E-state index in [1.807, 2.05) is 45.3 Å². The average Bonchev–Trinajstić information content (AvgIpc) is 3.00. The quantitative estimate of drug-likeness (QED) is 0.294. The number of nitrogens with one attached hydrogen (secondary N) is 2. The number of methoxy groups -OCH3 is 1. The number of anilines is 1. The molecule has 43 heavy (non-hydrogen) atoms. The van der Waals surface area contributed by atoms with Gasteiger partial charge in [-0.3, -0.25) is 14.6 Å². The van der Waals surface area contributed by atoms with E-state index < -0.39 is 0 Å². The van der Waals surface area contributed by atoms with Crippen LogP contribution in [0.4, 0.5) is 5.69 Å². The molecule has 0 spiro atoms. The number of carbonyl (C=O) groups excluding carboxylic acids is 2. The number of piperidine rings is 1. The van der Waals surface area contributed by atoms with Crippen LogP contribution in [0, 0.1) is 20.8 Å². The van der Waals surface area contributed by atoms with Gasteiger partial charge in [0.15, 0.2) is 0 Å². The fourth-order valence-corrected chi connectivity index (χ4v) is 6.07. The third-order valence-electron chi connectivity index (χ3n) is 8.66. The Morgan fingerprint density at radius 3 is 2.28 bits per heavy atom. The predicted molar refractivity (Wildman–Crippen MR) is 173 cm³/mol. The summed E-state index contributed by atoms with van der Waals surface area (Å²) in [4.78, 5) is 34.8. The van der Waals surface area contributed by atoms with E-state index in [-0.39, 0.29) is 11.8 Å². The van der Waals surface area contributed by atoms with E-state index in [0.29, 0.717) is 36.3 Å². The number of ether oxygens (including phenoxy) is 1. The first-order valence-corrected chi connectivity index (χ1v) is 15.4. The average molecular weight is 586 g/mol. The van der Waals surface area contributed by atoms with Crippen molar-refractivity contribution in [2.45, 2.75) is 72.5 Å². The molecule has 2 heterocycles. The third kappa shape index (κ3) is 8.14. The number of benzene rings is 2. The van der Waals surface area contributed by atoms with Gasteiger partial charge >= 0.3 is 0 Å². The molecule has 1 saturated heterocycles. The fourth-order valence-electron chi connectivity index (χ4n) is 6.07. The molecular weight excluding hydrogens is 538 g/mol. The molecule has 0 bridgehead atoms. The van der Waals surface area contributed by atoms with Crippen LogP contribution in [0.25, 0.3) is 0 Å². The lowest BCUT2D eigenvalue weighted by Crippen LogP contribution is -2.48. The van der Waals surface area contributed by atoms with E-state index in [4.69, 9.17) is 4.74 Å². The van der Waals surface area contributed by atoms with Crippen molar-refractivity contribution >= 4 is 17.5 Å². The van der Waals surface area contributed by atoms with Gasteiger partial charge in [0.2, 0.25) is 0 Å². The maximum absolute atomic E-state index is 13.1. The number of amides is 2. The van der Waals surface area contributed by atoms with Crippen LogP contribution in [-0.2, 0) is 6.54 Å². The van der Waals surface area contributed by atoms with Crippen molar-refractivity contribution in [2.24, 2.45) is 0 Å². The molecule has 0 radical (unpaired) electrons. The van der Waals surface area contributed by atoms with Crippen LogP contribution in [0.2, 0.25) is 0 Å². The Kier molecular flexibility index (Phi) is 11.2. The lowest BCUT2D eigenvalue weighted by atomic mass is 9.98.